The van der Waals surface area contributed by atoms with Gasteiger partial charge in [0.15, 0.2) is 0 Å². The summed E-state index contributed by atoms with van der Waals surface area (Å²) in [5.41, 5.74) is 0.771. The number of hydrogen-bond acceptors (Lipinski definition) is 3. The quantitative estimate of drug-likeness (QED) is 0.443. The summed E-state index contributed by atoms with van der Waals surface area (Å²) in [4.78, 5) is 26.7. The molecule has 1 aliphatic heterocycles. The highest BCUT2D eigenvalue weighted by molar-refractivity contribution is 6.60. The van der Waals surface area contributed by atoms with Gasteiger partial charge < -0.3 is 4.74 Å². The van der Waals surface area contributed by atoms with E-state index in [0.717, 1.165) is 4.90 Å². The molecule has 0 aromatic heterocycles. The molecule has 3 aromatic rings. The zero-order chi connectivity index (χ0) is 20.5. The zero-order valence-electron chi connectivity index (χ0n) is 14.7. The van der Waals surface area contributed by atoms with Gasteiger partial charge in [0.05, 0.1) is 16.3 Å². The summed E-state index contributed by atoms with van der Waals surface area (Å²) in [7, 11) is 0. The van der Waals surface area contributed by atoms with Crippen molar-refractivity contribution in [3.05, 3.63) is 93.4 Å². The molecule has 0 unspecified atom stereocenters. The molecule has 0 N–H and O–H groups in total. The Balaban J connectivity index is 1.62. The predicted molar refractivity (Wildman–Crippen MR) is 115 cm³/mol. The van der Waals surface area contributed by atoms with E-state index in [1.165, 1.54) is 6.07 Å². The highest BCUT2D eigenvalue weighted by atomic mass is 35.5. The minimum absolute atomic E-state index is 0.0444. The molecular weight excluding hydrogens is 433 g/mol. The van der Waals surface area contributed by atoms with Crippen molar-refractivity contribution in [3.63, 3.8) is 0 Å². The Hall–Kier alpha value is -2.79. The third-order valence-corrected chi connectivity index (χ3v) is 5.20. The number of benzene rings is 3. The molecule has 0 spiro atoms. The topological polar surface area (TPSA) is 46.6 Å². The number of carbonyl (C=O) groups is 2. The summed E-state index contributed by atoms with van der Waals surface area (Å²) < 4.78 is 5.73. The average Bonchev–Trinajstić information content (AvgIpc) is 2.93. The van der Waals surface area contributed by atoms with Gasteiger partial charge in [-0.2, -0.15) is 0 Å². The van der Waals surface area contributed by atoms with Crippen molar-refractivity contribution in [3.8, 4) is 11.5 Å². The lowest BCUT2D eigenvalue weighted by Gasteiger charge is -2.16. The van der Waals surface area contributed by atoms with Crippen LogP contribution in [0.15, 0.2) is 77.8 Å². The Morgan fingerprint density at radius 3 is 2.03 bits per heavy atom. The van der Waals surface area contributed by atoms with Crippen molar-refractivity contribution >= 4 is 57.9 Å². The van der Waals surface area contributed by atoms with Crippen LogP contribution in [0.5, 0.6) is 11.5 Å². The molecule has 0 saturated heterocycles. The highest BCUT2D eigenvalue weighted by Gasteiger charge is 2.39. The Kier molecular flexibility index (Phi) is 5.33. The van der Waals surface area contributed by atoms with E-state index in [9.17, 15) is 9.59 Å². The molecule has 7 heteroatoms. The average molecular weight is 445 g/mol. The molecule has 29 heavy (non-hydrogen) atoms. The lowest BCUT2D eigenvalue weighted by atomic mass is 10.1. The maximum absolute atomic E-state index is 13.0. The van der Waals surface area contributed by atoms with E-state index in [-0.39, 0.29) is 15.6 Å². The van der Waals surface area contributed by atoms with Gasteiger partial charge in [-0.25, -0.2) is 4.90 Å². The van der Waals surface area contributed by atoms with Gasteiger partial charge in [-0.05, 0) is 48.5 Å². The van der Waals surface area contributed by atoms with E-state index < -0.39 is 11.8 Å². The summed E-state index contributed by atoms with van der Waals surface area (Å²) >= 11 is 18.3. The first-order chi connectivity index (χ1) is 14.0. The van der Waals surface area contributed by atoms with Gasteiger partial charge >= 0.3 is 0 Å². The largest absolute Gasteiger partial charge is 0.457 e. The second kappa shape index (κ2) is 7.91. The number of para-hydroxylation sites is 1. The van der Waals surface area contributed by atoms with Crippen molar-refractivity contribution in [2.75, 3.05) is 4.90 Å². The molecule has 0 radical (unpaired) electrons. The fourth-order valence-electron chi connectivity index (χ4n) is 2.95. The number of imide groups is 1. The molecule has 2 amide bonds. The molecule has 3 aromatic carbocycles. The molecule has 0 saturated carbocycles. The Morgan fingerprint density at radius 2 is 1.38 bits per heavy atom. The van der Waals surface area contributed by atoms with Gasteiger partial charge in [-0.1, -0.05) is 59.1 Å². The first kappa shape index (κ1) is 19.5. The Labute approximate surface area is 181 Å². The summed E-state index contributed by atoms with van der Waals surface area (Å²) in [5.74, 6) is 0.0763. The molecule has 1 heterocycles. The number of carbonyl (C=O) groups excluding carboxylic acids is 2. The van der Waals surface area contributed by atoms with Crippen molar-refractivity contribution in [1.29, 1.82) is 0 Å². The minimum atomic E-state index is -0.616. The van der Waals surface area contributed by atoms with Crippen LogP contribution in [0.4, 0.5) is 5.69 Å². The Bertz CT molecular complexity index is 1140. The van der Waals surface area contributed by atoms with Gasteiger partial charge in [0, 0.05) is 10.6 Å². The number of hydrogen-bond donors (Lipinski definition) is 0. The van der Waals surface area contributed by atoms with Gasteiger partial charge in [-0.3, -0.25) is 9.59 Å². The first-order valence-corrected chi connectivity index (χ1v) is 9.66. The Morgan fingerprint density at radius 1 is 0.724 bits per heavy atom. The van der Waals surface area contributed by atoms with Crippen molar-refractivity contribution in [1.82, 2.24) is 0 Å². The summed E-state index contributed by atoms with van der Waals surface area (Å²) in [6.45, 7) is 0. The SMILES string of the molecule is O=C1C(Cl)=C(c2ccc(Cl)cc2Cl)C(=O)N1c1ccc(Oc2ccccc2)cc1. The van der Waals surface area contributed by atoms with Crippen LogP contribution in [-0.4, -0.2) is 11.8 Å². The maximum Gasteiger partial charge on any atom is 0.277 e. The third kappa shape index (κ3) is 3.75. The van der Waals surface area contributed by atoms with Crippen LogP contribution in [0.1, 0.15) is 5.56 Å². The summed E-state index contributed by atoms with van der Waals surface area (Å²) in [5, 5.41) is 0.460. The van der Waals surface area contributed by atoms with E-state index in [4.69, 9.17) is 39.5 Å². The van der Waals surface area contributed by atoms with Crippen molar-refractivity contribution in [2.24, 2.45) is 0 Å². The molecule has 1 aliphatic rings. The second-order valence-corrected chi connectivity index (χ2v) is 7.39. The van der Waals surface area contributed by atoms with E-state index in [0.29, 0.717) is 27.8 Å². The number of nitrogens with zero attached hydrogens (tertiary/aromatic N) is 1. The van der Waals surface area contributed by atoms with Gasteiger partial charge in [0.2, 0.25) is 0 Å². The van der Waals surface area contributed by atoms with Crippen LogP contribution in [0.3, 0.4) is 0 Å². The molecule has 0 fully saturated rings. The zero-order valence-corrected chi connectivity index (χ0v) is 17.0. The third-order valence-electron chi connectivity index (χ3n) is 4.30. The smallest absolute Gasteiger partial charge is 0.277 e. The molecule has 0 bridgehead atoms. The number of halogens is 3. The van der Waals surface area contributed by atoms with Crippen LogP contribution in [-0.2, 0) is 9.59 Å². The summed E-state index contributed by atoms with van der Waals surface area (Å²) in [6.07, 6.45) is 0. The van der Waals surface area contributed by atoms with Crippen molar-refractivity contribution in [2.45, 2.75) is 0 Å². The van der Waals surface area contributed by atoms with E-state index in [2.05, 4.69) is 0 Å². The van der Waals surface area contributed by atoms with Crippen LogP contribution in [0.25, 0.3) is 5.57 Å². The lowest BCUT2D eigenvalue weighted by molar-refractivity contribution is -0.119. The highest BCUT2D eigenvalue weighted by Crippen LogP contribution is 2.38. The standard InChI is InChI=1S/C22H12Cl3NO3/c23-13-6-11-17(18(24)12-13)19-20(25)22(28)26(21(19)27)14-7-9-16(10-8-14)29-15-4-2-1-3-5-15/h1-12H. The van der Waals surface area contributed by atoms with Gasteiger partial charge in [0.1, 0.15) is 16.5 Å². The monoisotopic (exact) mass is 443 g/mol. The van der Waals surface area contributed by atoms with Crippen LogP contribution < -0.4 is 9.64 Å². The van der Waals surface area contributed by atoms with Gasteiger partial charge in [-0.15, -0.1) is 0 Å². The number of amides is 2. The lowest BCUT2D eigenvalue weighted by Crippen LogP contribution is -2.31. The normalized spacial score (nSPS) is 14.0. The second-order valence-electron chi connectivity index (χ2n) is 6.17. The fourth-order valence-corrected chi connectivity index (χ4v) is 3.72. The van der Waals surface area contributed by atoms with Crippen LogP contribution in [0.2, 0.25) is 10.0 Å². The number of rotatable bonds is 4. The maximum atomic E-state index is 13.0. The minimum Gasteiger partial charge on any atom is -0.457 e. The van der Waals surface area contributed by atoms with E-state index in [1.54, 1.807) is 36.4 Å². The number of ether oxygens (including phenoxy) is 1. The van der Waals surface area contributed by atoms with Crippen LogP contribution >= 0.6 is 34.8 Å². The summed E-state index contributed by atoms with van der Waals surface area (Å²) in [6, 6.07) is 20.5. The number of anilines is 1. The molecule has 0 aliphatic carbocycles. The van der Waals surface area contributed by atoms with Gasteiger partial charge in [0.25, 0.3) is 11.8 Å². The predicted octanol–water partition coefficient (Wildman–Crippen LogP) is 6.31. The first-order valence-electron chi connectivity index (χ1n) is 8.52. The van der Waals surface area contributed by atoms with E-state index in [1.807, 2.05) is 30.3 Å². The molecule has 4 nitrogen and oxygen atoms in total. The molecule has 144 valence electrons. The van der Waals surface area contributed by atoms with Crippen LogP contribution in [0, 0.1) is 0 Å². The molecular formula is C22H12Cl3NO3. The van der Waals surface area contributed by atoms with E-state index >= 15 is 0 Å². The molecule has 0 atom stereocenters. The molecule has 4 rings (SSSR count). The fraction of sp³-hybridized carbons (Fsp3) is 0. The van der Waals surface area contributed by atoms with Crippen molar-refractivity contribution < 1.29 is 14.3 Å².